The van der Waals surface area contributed by atoms with E-state index in [1.807, 2.05) is 17.5 Å². The van der Waals surface area contributed by atoms with Crippen molar-refractivity contribution in [1.29, 1.82) is 0 Å². The van der Waals surface area contributed by atoms with Gasteiger partial charge in [-0.3, -0.25) is 4.40 Å². The minimum absolute atomic E-state index is 0.286. The van der Waals surface area contributed by atoms with Gasteiger partial charge in [-0.2, -0.15) is 0 Å². The molecule has 1 aliphatic carbocycles. The van der Waals surface area contributed by atoms with Gasteiger partial charge in [0, 0.05) is 25.5 Å². The van der Waals surface area contributed by atoms with Crippen molar-refractivity contribution in [2.45, 2.75) is 26.2 Å². The molecule has 102 valence electrons. The molecule has 0 bridgehead atoms. The summed E-state index contributed by atoms with van der Waals surface area (Å²) < 4.78 is 1.92. The molecule has 2 unspecified atom stereocenters. The maximum absolute atomic E-state index is 9.34. The van der Waals surface area contributed by atoms with Crippen LogP contribution < -0.4 is 5.32 Å². The summed E-state index contributed by atoms with van der Waals surface area (Å²) >= 11 is 0. The lowest BCUT2D eigenvalue weighted by Crippen LogP contribution is -2.21. The summed E-state index contributed by atoms with van der Waals surface area (Å²) in [6.07, 6.45) is 7.13. The van der Waals surface area contributed by atoms with Crippen molar-refractivity contribution < 1.29 is 5.11 Å². The lowest BCUT2D eigenvalue weighted by molar-refractivity contribution is 0.199. The second kappa shape index (κ2) is 5.13. The van der Waals surface area contributed by atoms with Gasteiger partial charge in [0.2, 0.25) is 5.65 Å². The number of nitrogens with one attached hydrogen (secondary N) is 1. The van der Waals surface area contributed by atoms with Crippen LogP contribution in [-0.2, 0) is 0 Å². The Labute approximate surface area is 111 Å². The van der Waals surface area contributed by atoms with E-state index in [-0.39, 0.29) is 6.61 Å². The van der Waals surface area contributed by atoms with Crippen molar-refractivity contribution in [2.24, 2.45) is 11.8 Å². The summed E-state index contributed by atoms with van der Waals surface area (Å²) in [7, 11) is 0. The molecule has 0 amide bonds. The van der Waals surface area contributed by atoms with E-state index in [9.17, 15) is 5.11 Å². The van der Waals surface area contributed by atoms with Gasteiger partial charge >= 0.3 is 0 Å². The van der Waals surface area contributed by atoms with Gasteiger partial charge in [0.15, 0.2) is 5.82 Å². The second-order valence-electron chi connectivity index (χ2n) is 5.23. The summed E-state index contributed by atoms with van der Waals surface area (Å²) in [4.78, 5) is 4.34. The SMILES string of the molecule is Cc1nnc2c(NCC3CCCC3CO)nccn12. The Morgan fingerprint density at radius 1 is 1.37 bits per heavy atom. The molecule has 2 heterocycles. The number of anilines is 1. The molecule has 1 aliphatic rings. The zero-order chi connectivity index (χ0) is 13.2. The standard InChI is InChI=1S/C13H19N5O/c1-9-16-17-13-12(14-5-6-18(9)13)15-7-10-3-2-4-11(10)8-19/h5-6,10-11,19H,2-4,7-8H2,1H3,(H,14,15). The fraction of sp³-hybridized carbons (Fsp3) is 0.615. The van der Waals surface area contributed by atoms with Gasteiger partial charge in [0.1, 0.15) is 5.82 Å². The second-order valence-corrected chi connectivity index (χ2v) is 5.23. The fourth-order valence-electron chi connectivity index (χ4n) is 2.92. The Kier molecular flexibility index (Phi) is 3.33. The number of aryl methyl sites for hydroxylation is 1. The van der Waals surface area contributed by atoms with E-state index in [4.69, 9.17) is 0 Å². The van der Waals surface area contributed by atoms with Crippen LogP contribution in [0.2, 0.25) is 0 Å². The summed E-state index contributed by atoms with van der Waals surface area (Å²) in [6.45, 7) is 3.04. The van der Waals surface area contributed by atoms with Crippen LogP contribution in [0.4, 0.5) is 5.82 Å². The Balaban J connectivity index is 1.75. The van der Waals surface area contributed by atoms with Crippen LogP contribution in [-0.4, -0.2) is 37.8 Å². The van der Waals surface area contributed by atoms with E-state index in [1.54, 1.807) is 6.20 Å². The van der Waals surface area contributed by atoms with E-state index in [2.05, 4.69) is 20.5 Å². The minimum atomic E-state index is 0.286. The smallest absolute Gasteiger partial charge is 0.203 e. The molecule has 2 atom stereocenters. The highest BCUT2D eigenvalue weighted by molar-refractivity contribution is 5.61. The maximum Gasteiger partial charge on any atom is 0.203 e. The molecule has 2 aromatic rings. The first-order chi connectivity index (χ1) is 9.29. The Morgan fingerprint density at radius 3 is 3.05 bits per heavy atom. The lowest BCUT2D eigenvalue weighted by atomic mass is 9.97. The molecular weight excluding hydrogens is 242 g/mol. The number of rotatable bonds is 4. The zero-order valence-electron chi connectivity index (χ0n) is 11.1. The van der Waals surface area contributed by atoms with Gasteiger partial charge in [-0.1, -0.05) is 6.42 Å². The number of aliphatic hydroxyl groups is 1. The molecule has 1 fully saturated rings. The van der Waals surface area contributed by atoms with E-state index in [1.165, 1.54) is 12.8 Å². The first kappa shape index (κ1) is 12.3. The molecule has 19 heavy (non-hydrogen) atoms. The first-order valence-electron chi connectivity index (χ1n) is 6.80. The lowest BCUT2D eigenvalue weighted by Gasteiger charge is -2.18. The summed E-state index contributed by atoms with van der Waals surface area (Å²) in [5.41, 5.74) is 0.763. The third-order valence-corrected chi connectivity index (χ3v) is 4.08. The molecule has 0 aliphatic heterocycles. The highest BCUT2D eigenvalue weighted by Gasteiger charge is 2.26. The molecule has 0 spiro atoms. The third-order valence-electron chi connectivity index (χ3n) is 4.08. The molecule has 2 aromatic heterocycles. The topological polar surface area (TPSA) is 75.3 Å². The normalized spacial score (nSPS) is 23.1. The van der Waals surface area contributed by atoms with Crippen LogP contribution in [0.3, 0.4) is 0 Å². The molecule has 0 aromatic carbocycles. The van der Waals surface area contributed by atoms with Gasteiger partial charge in [-0.15, -0.1) is 10.2 Å². The molecule has 0 radical (unpaired) electrons. The van der Waals surface area contributed by atoms with Crippen LogP contribution in [0.15, 0.2) is 12.4 Å². The predicted octanol–water partition coefficient (Wildman–Crippen LogP) is 1.25. The van der Waals surface area contributed by atoms with Crippen LogP contribution in [0, 0.1) is 18.8 Å². The Morgan fingerprint density at radius 2 is 2.21 bits per heavy atom. The summed E-state index contributed by atoms with van der Waals surface area (Å²) in [5.74, 6) is 2.57. The van der Waals surface area contributed by atoms with Crippen molar-refractivity contribution >= 4 is 11.5 Å². The van der Waals surface area contributed by atoms with Gasteiger partial charge < -0.3 is 10.4 Å². The first-order valence-corrected chi connectivity index (χ1v) is 6.80. The van der Waals surface area contributed by atoms with Crippen LogP contribution in [0.25, 0.3) is 5.65 Å². The van der Waals surface area contributed by atoms with Gasteiger partial charge in [0.05, 0.1) is 0 Å². The summed E-state index contributed by atoms with van der Waals surface area (Å²) in [6, 6.07) is 0. The predicted molar refractivity (Wildman–Crippen MR) is 71.9 cm³/mol. The number of hydrogen-bond donors (Lipinski definition) is 2. The molecular formula is C13H19N5O. The van der Waals surface area contributed by atoms with Crippen molar-refractivity contribution in [3.63, 3.8) is 0 Å². The number of fused-ring (bicyclic) bond motifs is 1. The van der Waals surface area contributed by atoms with E-state index in [0.29, 0.717) is 11.8 Å². The van der Waals surface area contributed by atoms with Crippen LogP contribution >= 0.6 is 0 Å². The fourth-order valence-corrected chi connectivity index (χ4v) is 2.92. The largest absolute Gasteiger partial charge is 0.396 e. The average molecular weight is 261 g/mol. The third kappa shape index (κ3) is 2.28. The zero-order valence-corrected chi connectivity index (χ0v) is 11.1. The van der Waals surface area contributed by atoms with Gasteiger partial charge in [-0.05, 0) is 31.6 Å². The van der Waals surface area contributed by atoms with E-state index in [0.717, 1.165) is 30.3 Å². The van der Waals surface area contributed by atoms with E-state index < -0.39 is 0 Å². The molecule has 6 nitrogen and oxygen atoms in total. The van der Waals surface area contributed by atoms with Crippen molar-refractivity contribution in [3.8, 4) is 0 Å². The van der Waals surface area contributed by atoms with Crippen molar-refractivity contribution in [1.82, 2.24) is 19.6 Å². The van der Waals surface area contributed by atoms with Crippen LogP contribution in [0.5, 0.6) is 0 Å². The Bertz CT molecular complexity index is 567. The highest BCUT2D eigenvalue weighted by atomic mass is 16.3. The minimum Gasteiger partial charge on any atom is -0.396 e. The maximum atomic E-state index is 9.34. The molecule has 3 rings (SSSR count). The quantitative estimate of drug-likeness (QED) is 0.866. The highest BCUT2D eigenvalue weighted by Crippen LogP contribution is 2.31. The number of aliphatic hydroxyl groups excluding tert-OH is 1. The van der Waals surface area contributed by atoms with Crippen molar-refractivity contribution in [3.05, 3.63) is 18.2 Å². The molecule has 6 heteroatoms. The van der Waals surface area contributed by atoms with Gasteiger partial charge in [0.25, 0.3) is 0 Å². The van der Waals surface area contributed by atoms with Crippen molar-refractivity contribution in [2.75, 3.05) is 18.5 Å². The van der Waals surface area contributed by atoms with Gasteiger partial charge in [-0.25, -0.2) is 4.98 Å². The molecule has 0 saturated heterocycles. The Hall–Kier alpha value is -1.69. The van der Waals surface area contributed by atoms with Crippen LogP contribution in [0.1, 0.15) is 25.1 Å². The molecule has 1 saturated carbocycles. The summed E-state index contributed by atoms with van der Waals surface area (Å²) in [5, 5.41) is 20.9. The average Bonchev–Trinajstić information content (AvgIpc) is 3.03. The molecule has 2 N–H and O–H groups in total. The monoisotopic (exact) mass is 261 g/mol. The number of hydrogen-bond acceptors (Lipinski definition) is 5. The van der Waals surface area contributed by atoms with E-state index >= 15 is 0 Å². The number of nitrogens with zero attached hydrogens (tertiary/aromatic N) is 4. The number of aromatic nitrogens is 4.